The fraction of sp³-hybridized carbons (Fsp3) is 0.346. The van der Waals surface area contributed by atoms with Crippen molar-refractivity contribution in [1.82, 2.24) is 14.8 Å². The van der Waals surface area contributed by atoms with Gasteiger partial charge in [0.2, 0.25) is 0 Å². The second-order valence-corrected chi connectivity index (χ2v) is 9.45. The summed E-state index contributed by atoms with van der Waals surface area (Å²) >= 11 is 6.59. The number of hydrogen-bond donors (Lipinski definition) is 1. The van der Waals surface area contributed by atoms with E-state index in [1.807, 2.05) is 19.1 Å². The van der Waals surface area contributed by atoms with Crippen LogP contribution in [-0.4, -0.2) is 70.7 Å². The third kappa shape index (κ3) is 4.28. The van der Waals surface area contributed by atoms with E-state index in [2.05, 4.69) is 29.2 Å². The summed E-state index contributed by atoms with van der Waals surface area (Å²) in [5.41, 5.74) is 4.14. The molecule has 0 aliphatic carbocycles. The second kappa shape index (κ2) is 9.14. The number of carbonyl (C=O) groups is 2. The van der Waals surface area contributed by atoms with Crippen LogP contribution < -0.4 is 4.90 Å². The summed E-state index contributed by atoms with van der Waals surface area (Å²) in [6.45, 7) is 5.04. The van der Waals surface area contributed by atoms with Crippen LogP contribution in [0.3, 0.4) is 0 Å². The van der Waals surface area contributed by atoms with Gasteiger partial charge in [-0.25, -0.2) is 9.78 Å². The summed E-state index contributed by atoms with van der Waals surface area (Å²) in [7, 11) is 0. The van der Waals surface area contributed by atoms with E-state index in [-0.39, 0.29) is 11.9 Å². The van der Waals surface area contributed by atoms with E-state index in [1.165, 1.54) is 23.4 Å². The quantitative estimate of drug-likeness (QED) is 0.574. The van der Waals surface area contributed by atoms with Crippen LogP contribution in [0.4, 0.5) is 10.5 Å². The topological polar surface area (TPSA) is 77.0 Å². The third-order valence-electron chi connectivity index (χ3n) is 6.80. The van der Waals surface area contributed by atoms with Crippen molar-refractivity contribution in [3.05, 3.63) is 59.1 Å². The molecule has 3 aromatic rings. The van der Waals surface area contributed by atoms with Crippen LogP contribution in [-0.2, 0) is 0 Å². The van der Waals surface area contributed by atoms with Gasteiger partial charge in [-0.15, -0.1) is 0 Å². The maximum Gasteiger partial charge on any atom is 0.407 e. The Balaban J connectivity index is 1.40. The van der Waals surface area contributed by atoms with Crippen LogP contribution in [0, 0.1) is 0 Å². The van der Waals surface area contributed by atoms with Crippen molar-refractivity contribution in [3.63, 3.8) is 0 Å². The zero-order valence-corrected chi connectivity index (χ0v) is 19.8. The molecule has 3 heterocycles. The Morgan fingerprint density at radius 2 is 1.74 bits per heavy atom. The van der Waals surface area contributed by atoms with Gasteiger partial charge in [-0.05, 0) is 50.1 Å². The minimum absolute atomic E-state index is 0.128. The monoisotopic (exact) mass is 478 g/mol. The average molecular weight is 479 g/mol. The van der Waals surface area contributed by atoms with E-state index in [0.29, 0.717) is 35.7 Å². The lowest BCUT2D eigenvalue weighted by molar-refractivity contribution is 0.0507. The van der Waals surface area contributed by atoms with Crippen LogP contribution in [0.25, 0.3) is 22.2 Å². The van der Waals surface area contributed by atoms with Gasteiger partial charge in [0.1, 0.15) is 0 Å². The van der Waals surface area contributed by atoms with Gasteiger partial charge < -0.3 is 19.8 Å². The molecular formula is C26H27ClN4O3. The van der Waals surface area contributed by atoms with E-state index in [1.54, 1.807) is 17.0 Å². The first-order valence-corrected chi connectivity index (χ1v) is 12.0. The predicted octanol–water partition coefficient (Wildman–Crippen LogP) is 4.98. The molecule has 0 unspecified atom stereocenters. The molecule has 176 valence electrons. The molecule has 7 nitrogen and oxygen atoms in total. The molecule has 2 saturated heterocycles. The van der Waals surface area contributed by atoms with Gasteiger partial charge in [0.05, 0.1) is 16.2 Å². The molecule has 8 heteroatoms. The smallest absolute Gasteiger partial charge is 0.407 e. The summed E-state index contributed by atoms with van der Waals surface area (Å²) < 4.78 is 0. The lowest BCUT2D eigenvalue weighted by atomic mass is 10.1. The zero-order chi connectivity index (χ0) is 23.8. The number of piperazine rings is 1. The molecular weight excluding hydrogens is 452 g/mol. The highest BCUT2D eigenvalue weighted by Gasteiger charge is 2.30. The minimum Gasteiger partial charge on any atom is -0.465 e. The first kappa shape index (κ1) is 22.5. The molecule has 1 N–H and O–H groups in total. The highest BCUT2D eigenvalue weighted by molar-refractivity contribution is 6.35. The normalized spacial score (nSPS) is 18.5. The highest BCUT2D eigenvalue weighted by Crippen LogP contribution is 2.31. The Morgan fingerprint density at radius 1 is 1.00 bits per heavy atom. The molecule has 5 rings (SSSR count). The van der Waals surface area contributed by atoms with Gasteiger partial charge in [-0.2, -0.15) is 0 Å². The number of nitrogens with zero attached hydrogens (tertiary/aromatic N) is 4. The molecule has 0 radical (unpaired) electrons. The Bertz CT molecular complexity index is 1240. The SMILES string of the molecule is C[C@@H]1CN(C(=O)c2ccc3c(Cl)cc(-c4ccc(N5CCCC5)cc4)nc3c2)CCN1C(=O)O. The number of carbonyl (C=O) groups excluding carboxylic acids is 1. The summed E-state index contributed by atoms with van der Waals surface area (Å²) in [5.74, 6) is -0.128. The predicted molar refractivity (Wildman–Crippen MR) is 134 cm³/mol. The molecule has 34 heavy (non-hydrogen) atoms. The number of carboxylic acid groups (broad SMARTS) is 1. The van der Waals surface area contributed by atoms with Crippen molar-refractivity contribution < 1.29 is 14.7 Å². The molecule has 1 atom stereocenters. The van der Waals surface area contributed by atoms with E-state index in [4.69, 9.17) is 16.6 Å². The molecule has 2 aliphatic rings. The van der Waals surface area contributed by atoms with Crippen LogP contribution in [0.1, 0.15) is 30.1 Å². The fourth-order valence-electron chi connectivity index (χ4n) is 4.89. The van der Waals surface area contributed by atoms with Crippen molar-refractivity contribution in [2.24, 2.45) is 0 Å². The minimum atomic E-state index is -0.954. The number of rotatable bonds is 3. The molecule has 0 spiro atoms. The molecule has 2 aromatic carbocycles. The lowest BCUT2D eigenvalue weighted by Gasteiger charge is -2.38. The maximum absolute atomic E-state index is 13.2. The number of pyridine rings is 1. The van der Waals surface area contributed by atoms with Crippen LogP contribution >= 0.6 is 11.6 Å². The van der Waals surface area contributed by atoms with Crippen molar-refractivity contribution in [2.45, 2.75) is 25.8 Å². The molecule has 2 aliphatic heterocycles. The second-order valence-electron chi connectivity index (χ2n) is 9.04. The molecule has 2 fully saturated rings. The number of amides is 2. The maximum atomic E-state index is 13.2. The number of hydrogen-bond acceptors (Lipinski definition) is 4. The van der Waals surface area contributed by atoms with Crippen molar-refractivity contribution in [3.8, 4) is 11.3 Å². The summed E-state index contributed by atoms with van der Waals surface area (Å²) in [6.07, 6.45) is 1.52. The molecule has 1 aromatic heterocycles. The first-order chi connectivity index (χ1) is 16.4. The molecule has 2 amide bonds. The number of aromatic nitrogens is 1. The first-order valence-electron chi connectivity index (χ1n) is 11.7. The Morgan fingerprint density at radius 3 is 2.41 bits per heavy atom. The summed E-state index contributed by atoms with van der Waals surface area (Å²) in [4.78, 5) is 34.8. The highest BCUT2D eigenvalue weighted by atomic mass is 35.5. The van der Waals surface area contributed by atoms with E-state index in [9.17, 15) is 14.7 Å². The largest absolute Gasteiger partial charge is 0.465 e. The van der Waals surface area contributed by atoms with Crippen molar-refractivity contribution >= 4 is 40.2 Å². The lowest BCUT2D eigenvalue weighted by Crippen LogP contribution is -2.55. The van der Waals surface area contributed by atoms with Gasteiger partial charge in [0, 0.05) is 61.0 Å². The zero-order valence-electron chi connectivity index (χ0n) is 19.1. The Labute approximate surface area is 203 Å². The van der Waals surface area contributed by atoms with E-state index >= 15 is 0 Å². The number of benzene rings is 2. The standard InChI is InChI=1S/C26H27ClN4O3/c1-17-16-30(12-13-31(17)26(33)34)25(32)19-6-9-21-22(27)15-23(28-24(21)14-19)18-4-7-20(8-5-18)29-10-2-3-11-29/h4-9,14-15,17H,2-3,10-13,16H2,1H3,(H,33,34)/t17-/m1/s1. The molecule has 0 bridgehead atoms. The third-order valence-corrected chi connectivity index (χ3v) is 7.11. The van der Waals surface area contributed by atoms with Gasteiger partial charge >= 0.3 is 6.09 Å². The Hall–Kier alpha value is -3.32. The van der Waals surface area contributed by atoms with Crippen LogP contribution in [0.15, 0.2) is 48.5 Å². The van der Waals surface area contributed by atoms with Crippen LogP contribution in [0.2, 0.25) is 5.02 Å². The van der Waals surface area contributed by atoms with Crippen molar-refractivity contribution in [2.75, 3.05) is 37.6 Å². The number of halogens is 1. The Kier molecular flexibility index (Phi) is 6.04. The van der Waals surface area contributed by atoms with E-state index < -0.39 is 6.09 Å². The number of fused-ring (bicyclic) bond motifs is 1. The molecule has 0 saturated carbocycles. The average Bonchev–Trinajstić information content (AvgIpc) is 3.38. The van der Waals surface area contributed by atoms with Gasteiger partial charge in [-0.1, -0.05) is 29.8 Å². The van der Waals surface area contributed by atoms with E-state index in [0.717, 1.165) is 29.7 Å². The van der Waals surface area contributed by atoms with Crippen molar-refractivity contribution in [1.29, 1.82) is 0 Å². The van der Waals surface area contributed by atoms with Crippen LogP contribution in [0.5, 0.6) is 0 Å². The van der Waals surface area contributed by atoms with Gasteiger partial charge in [0.15, 0.2) is 0 Å². The summed E-state index contributed by atoms with van der Waals surface area (Å²) in [6, 6.07) is 15.4. The van der Waals surface area contributed by atoms with Gasteiger partial charge in [-0.3, -0.25) is 4.79 Å². The fourth-order valence-corrected chi connectivity index (χ4v) is 5.16. The summed E-state index contributed by atoms with van der Waals surface area (Å²) in [5, 5.41) is 10.7. The number of anilines is 1. The van der Waals surface area contributed by atoms with Gasteiger partial charge in [0.25, 0.3) is 5.91 Å².